The van der Waals surface area contributed by atoms with Gasteiger partial charge in [0, 0.05) is 5.56 Å². The van der Waals surface area contributed by atoms with Crippen LogP contribution in [0.25, 0.3) is 16.3 Å². The fourth-order valence-electron chi connectivity index (χ4n) is 6.09. The highest BCUT2D eigenvalue weighted by Gasteiger charge is 2.54. The number of benzene rings is 1. The number of aromatic nitrogens is 4. The Morgan fingerprint density at radius 3 is 2.54 bits per heavy atom. The van der Waals surface area contributed by atoms with E-state index < -0.39 is 0 Å². The van der Waals surface area contributed by atoms with Crippen molar-refractivity contribution in [1.82, 2.24) is 19.8 Å². The summed E-state index contributed by atoms with van der Waals surface area (Å²) in [4.78, 5) is 13.8. The van der Waals surface area contributed by atoms with Gasteiger partial charge in [-0.25, -0.2) is 4.39 Å². The van der Waals surface area contributed by atoms with Gasteiger partial charge >= 0.3 is 0 Å². The first kappa shape index (κ1) is 16.6. The molecule has 0 saturated heterocycles. The number of nitrogens with one attached hydrogen (secondary N) is 1. The van der Waals surface area contributed by atoms with Gasteiger partial charge in [-0.3, -0.25) is 4.79 Å². The van der Waals surface area contributed by atoms with Gasteiger partial charge in [0.1, 0.15) is 5.82 Å². The first-order valence-corrected chi connectivity index (χ1v) is 10.7. The molecule has 0 unspecified atom stereocenters. The van der Waals surface area contributed by atoms with Crippen molar-refractivity contribution in [3.8, 4) is 11.4 Å². The van der Waals surface area contributed by atoms with Crippen LogP contribution in [0.3, 0.4) is 0 Å². The number of rotatable bonds is 3. The first-order valence-electron chi connectivity index (χ1n) is 9.88. The van der Waals surface area contributed by atoms with Gasteiger partial charge in [-0.1, -0.05) is 23.5 Å². The number of anilines is 1. The lowest BCUT2D eigenvalue weighted by atomic mass is 9.49. The van der Waals surface area contributed by atoms with Crippen LogP contribution in [0.2, 0.25) is 0 Å². The van der Waals surface area contributed by atoms with Crippen molar-refractivity contribution in [2.75, 3.05) is 5.32 Å². The van der Waals surface area contributed by atoms with Gasteiger partial charge in [0.15, 0.2) is 5.82 Å². The number of hydrogen-bond donors (Lipinski definition) is 1. The lowest BCUT2D eigenvalue weighted by Gasteiger charge is -2.55. The number of fused-ring (bicyclic) bond motifs is 1. The van der Waals surface area contributed by atoms with E-state index in [1.54, 1.807) is 16.6 Å². The van der Waals surface area contributed by atoms with Crippen molar-refractivity contribution >= 4 is 27.3 Å². The van der Waals surface area contributed by atoms with E-state index in [-0.39, 0.29) is 17.1 Å². The van der Waals surface area contributed by atoms with Crippen LogP contribution in [0.5, 0.6) is 0 Å². The second kappa shape index (κ2) is 5.83. The van der Waals surface area contributed by atoms with Crippen LogP contribution in [-0.4, -0.2) is 25.7 Å². The Kier molecular flexibility index (Phi) is 3.45. The molecule has 2 heterocycles. The van der Waals surface area contributed by atoms with Crippen LogP contribution in [0.15, 0.2) is 24.3 Å². The summed E-state index contributed by atoms with van der Waals surface area (Å²) in [6, 6.07) is 6.20. The van der Waals surface area contributed by atoms with Gasteiger partial charge in [-0.05, 0) is 68.4 Å². The summed E-state index contributed by atoms with van der Waals surface area (Å²) in [5.41, 5.74) is 0.392. The quantitative estimate of drug-likeness (QED) is 0.721. The van der Waals surface area contributed by atoms with Crippen LogP contribution >= 0.6 is 11.3 Å². The Hall–Kier alpha value is -2.35. The lowest BCUT2D eigenvalue weighted by Crippen LogP contribution is -2.51. The molecule has 1 N–H and O–H groups in total. The van der Waals surface area contributed by atoms with E-state index in [1.807, 2.05) is 0 Å². The summed E-state index contributed by atoms with van der Waals surface area (Å²) in [5.74, 6) is 2.41. The zero-order valence-corrected chi connectivity index (χ0v) is 16.1. The molecule has 4 bridgehead atoms. The van der Waals surface area contributed by atoms with Crippen LogP contribution in [0.1, 0.15) is 38.5 Å². The Morgan fingerprint density at radius 2 is 1.86 bits per heavy atom. The number of carbonyl (C=O) groups is 1. The second-order valence-electron chi connectivity index (χ2n) is 8.79. The maximum absolute atomic E-state index is 13.6. The summed E-state index contributed by atoms with van der Waals surface area (Å²) in [5, 5.41) is 16.4. The lowest BCUT2D eigenvalue weighted by molar-refractivity contribution is -0.140. The van der Waals surface area contributed by atoms with E-state index in [9.17, 15) is 9.18 Å². The normalized spacial score (nSPS) is 30.8. The molecule has 3 aromatic rings. The molecule has 4 saturated carbocycles. The van der Waals surface area contributed by atoms with Gasteiger partial charge in [0.05, 0.1) is 5.41 Å². The van der Waals surface area contributed by atoms with Gasteiger partial charge < -0.3 is 5.32 Å². The molecule has 0 atom stereocenters. The van der Waals surface area contributed by atoms with E-state index in [0.29, 0.717) is 21.5 Å². The summed E-state index contributed by atoms with van der Waals surface area (Å²) in [6.07, 6.45) is 6.97. The van der Waals surface area contributed by atoms with Crippen LogP contribution in [0, 0.1) is 29.0 Å². The molecule has 2 aromatic heterocycles. The molecule has 0 radical (unpaired) electrons. The average molecular weight is 397 g/mol. The number of carbonyl (C=O) groups excluding carboxylic acids is 1. The van der Waals surface area contributed by atoms with E-state index in [4.69, 9.17) is 0 Å². The van der Waals surface area contributed by atoms with E-state index in [2.05, 4.69) is 20.6 Å². The summed E-state index contributed by atoms with van der Waals surface area (Å²) in [6.45, 7) is 0. The fourth-order valence-corrected chi connectivity index (χ4v) is 6.83. The van der Waals surface area contributed by atoms with Crippen LogP contribution in [-0.2, 0) is 4.79 Å². The topological polar surface area (TPSA) is 72.2 Å². The second-order valence-corrected chi connectivity index (χ2v) is 9.74. The molecular weight excluding hydrogens is 377 g/mol. The molecule has 6 nitrogen and oxygen atoms in total. The molecule has 7 rings (SSSR count). The molecule has 1 amide bonds. The van der Waals surface area contributed by atoms with Gasteiger partial charge in [0.25, 0.3) is 0 Å². The number of nitrogens with zero attached hydrogens (tertiary/aromatic N) is 4. The highest BCUT2D eigenvalue weighted by Crippen LogP contribution is 2.60. The van der Waals surface area contributed by atoms with Gasteiger partial charge in [-0.2, -0.15) is 4.52 Å². The molecule has 1 aromatic carbocycles. The van der Waals surface area contributed by atoms with Crippen molar-refractivity contribution in [2.45, 2.75) is 38.5 Å². The molecular formula is C20H20FN5OS. The molecule has 4 aliphatic carbocycles. The van der Waals surface area contributed by atoms with Crippen LogP contribution < -0.4 is 5.32 Å². The minimum atomic E-state index is -0.333. The maximum Gasteiger partial charge on any atom is 0.236 e. The average Bonchev–Trinajstić information content (AvgIpc) is 3.20. The maximum atomic E-state index is 13.6. The van der Waals surface area contributed by atoms with Crippen LogP contribution in [0.4, 0.5) is 9.52 Å². The summed E-state index contributed by atoms with van der Waals surface area (Å²) < 4.78 is 15.1. The van der Waals surface area contributed by atoms with E-state index in [0.717, 1.165) is 37.0 Å². The Bertz CT molecular complexity index is 1050. The van der Waals surface area contributed by atoms with Crippen molar-refractivity contribution in [3.05, 3.63) is 30.1 Å². The zero-order chi connectivity index (χ0) is 18.9. The Morgan fingerprint density at radius 1 is 1.14 bits per heavy atom. The summed E-state index contributed by atoms with van der Waals surface area (Å²) >= 11 is 1.30. The van der Waals surface area contributed by atoms with Crippen molar-refractivity contribution < 1.29 is 9.18 Å². The molecule has 0 aliphatic heterocycles. The number of hydrogen-bond acceptors (Lipinski definition) is 5. The SMILES string of the molecule is O=C(Nc1nn2c(-c3cccc(F)c3)nnc2s1)C12CC3CC(CC(C3)C1)C2. The highest BCUT2D eigenvalue weighted by atomic mass is 32.1. The van der Waals surface area contributed by atoms with Crippen molar-refractivity contribution in [1.29, 1.82) is 0 Å². The molecule has 4 fully saturated rings. The largest absolute Gasteiger partial charge is 0.300 e. The first-order chi connectivity index (χ1) is 13.6. The van der Waals surface area contributed by atoms with Gasteiger partial charge in [-0.15, -0.1) is 15.3 Å². The predicted molar refractivity (Wildman–Crippen MR) is 103 cm³/mol. The van der Waals surface area contributed by atoms with Gasteiger partial charge in [0.2, 0.25) is 16.0 Å². The van der Waals surface area contributed by atoms with Crippen molar-refractivity contribution in [2.24, 2.45) is 23.2 Å². The van der Waals surface area contributed by atoms with E-state index >= 15 is 0 Å². The fraction of sp³-hybridized carbons (Fsp3) is 0.500. The Labute approximate surface area is 165 Å². The predicted octanol–water partition coefficient (Wildman–Crippen LogP) is 4.15. The molecule has 28 heavy (non-hydrogen) atoms. The summed E-state index contributed by atoms with van der Waals surface area (Å²) in [7, 11) is 0. The molecule has 8 heteroatoms. The molecule has 4 aliphatic rings. The standard InChI is InChI=1S/C20H20FN5OS/c21-15-3-1-2-14(7-15)16-23-24-19-26(16)25-18(28-19)22-17(27)20-8-11-4-12(9-20)6-13(5-11)10-20/h1-3,7,11-13H,4-6,8-10H2,(H,22,25,27). The Balaban J connectivity index is 1.29. The minimum Gasteiger partial charge on any atom is -0.300 e. The number of amides is 1. The number of halogens is 1. The third-order valence-corrected chi connectivity index (χ3v) is 7.63. The zero-order valence-electron chi connectivity index (χ0n) is 15.3. The monoisotopic (exact) mass is 397 g/mol. The third-order valence-electron chi connectivity index (χ3n) is 6.81. The molecule has 144 valence electrons. The minimum absolute atomic E-state index is 0.115. The van der Waals surface area contributed by atoms with E-state index in [1.165, 1.54) is 42.7 Å². The third kappa shape index (κ3) is 2.50. The highest BCUT2D eigenvalue weighted by molar-refractivity contribution is 7.20. The van der Waals surface area contributed by atoms with Crippen molar-refractivity contribution in [3.63, 3.8) is 0 Å². The molecule has 0 spiro atoms. The smallest absolute Gasteiger partial charge is 0.236 e.